The normalized spacial score (nSPS) is 12.4. The Hall–Kier alpha value is -4.56. The van der Waals surface area contributed by atoms with Gasteiger partial charge in [-0.05, 0) is 61.1 Å². The number of hydrogen-bond acceptors (Lipinski definition) is 8. The number of hydrogen-bond donors (Lipinski definition) is 7. The Morgan fingerprint density at radius 1 is 0.875 bits per heavy atom. The molecule has 2 aromatic carbocycles. The number of hydroxylamine groups is 1. The molecule has 0 aliphatic carbocycles. The van der Waals surface area contributed by atoms with E-state index in [1.54, 1.807) is 18.3 Å². The van der Waals surface area contributed by atoms with E-state index in [0.717, 1.165) is 16.8 Å². The molecule has 0 saturated carbocycles. The highest BCUT2D eigenvalue weighted by Gasteiger charge is 2.24. The molecule has 0 heterocycles. The molecular weight excluding hydrogens is 529 g/mol. The first-order chi connectivity index (χ1) is 19.1. The molecule has 13 nitrogen and oxygen atoms in total. The monoisotopic (exact) mass is 561 g/mol. The molecule has 0 aliphatic rings. The molecule has 0 spiro atoms. The van der Waals surface area contributed by atoms with E-state index in [1.165, 1.54) is 12.1 Å². The van der Waals surface area contributed by atoms with Gasteiger partial charge in [-0.2, -0.15) is 5.10 Å². The van der Waals surface area contributed by atoms with E-state index in [0.29, 0.717) is 19.4 Å². The van der Waals surface area contributed by atoms with Gasteiger partial charge in [0.15, 0.2) is 0 Å². The zero-order valence-corrected chi connectivity index (χ0v) is 21.5. The van der Waals surface area contributed by atoms with Gasteiger partial charge in [-0.25, -0.2) is 24.3 Å². The molecule has 0 aliphatic heterocycles. The minimum absolute atomic E-state index is 0.0927. The summed E-state index contributed by atoms with van der Waals surface area (Å²) in [7, 11) is 0. The lowest BCUT2D eigenvalue weighted by molar-refractivity contribution is -0.140. The molecule has 0 bridgehead atoms. The Morgan fingerprint density at radius 2 is 1.50 bits per heavy atom. The van der Waals surface area contributed by atoms with Crippen molar-refractivity contribution in [2.24, 2.45) is 5.10 Å². The summed E-state index contributed by atoms with van der Waals surface area (Å²) in [6.07, 6.45) is 1.83. The summed E-state index contributed by atoms with van der Waals surface area (Å²) >= 11 is 0. The van der Waals surface area contributed by atoms with Crippen LogP contribution in [0, 0.1) is 5.82 Å². The Morgan fingerprint density at radius 3 is 2.10 bits per heavy atom. The Bertz CT molecular complexity index is 1140. The maximum absolute atomic E-state index is 12.9. The molecule has 0 fully saturated rings. The fraction of sp³-hybridized carbons (Fsp3) is 0.346. The van der Waals surface area contributed by atoms with Crippen molar-refractivity contribution >= 4 is 35.8 Å². The average molecular weight is 562 g/mol. The van der Waals surface area contributed by atoms with Gasteiger partial charge in [0.05, 0.1) is 18.5 Å². The summed E-state index contributed by atoms with van der Waals surface area (Å²) in [6, 6.07) is 9.56. The number of nitrogens with one attached hydrogen (secondary N) is 4. The molecule has 216 valence electrons. The third-order valence-corrected chi connectivity index (χ3v) is 5.45. The highest BCUT2D eigenvalue weighted by molar-refractivity contribution is 5.86. The number of anilines is 1. The first kappa shape index (κ1) is 31.7. The maximum atomic E-state index is 12.9. The summed E-state index contributed by atoms with van der Waals surface area (Å²) in [6.45, 7) is 0.706. The number of rotatable bonds is 18. The molecule has 0 saturated heterocycles. The lowest BCUT2D eigenvalue weighted by Crippen LogP contribution is -2.51. The molecule has 40 heavy (non-hydrogen) atoms. The molecule has 2 amide bonds. The Balaban J connectivity index is 1.62. The molecule has 14 heteroatoms. The van der Waals surface area contributed by atoms with E-state index in [9.17, 15) is 28.7 Å². The quantitative estimate of drug-likeness (QED) is 0.0806. The third kappa shape index (κ3) is 12.8. The number of carboxylic acids is 3. The smallest absolute Gasteiger partial charge is 0.326 e. The van der Waals surface area contributed by atoms with E-state index in [-0.39, 0.29) is 25.3 Å². The number of carbonyl (C=O) groups excluding carboxylic acids is 1. The van der Waals surface area contributed by atoms with Crippen LogP contribution in [-0.4, -0.2) is 64.1 Å². The highest BCUT2D eigenvalue weighted by Crippen LogP contribution is 2.10. The highest BCUT2D eigenvalue weighted by atomic mass is 19.1. The molecule has 0 aromatic heterocycles. The lowest BCUT2D eigenvalue weighted by Gasteiger charge is -2.18. The van der Waals surface area contributed by atoms with Crippen LogP contribution in [0.25, 0.3) is 0 Å². The number of amides is 2. The molecular formula is C26H32FN5O8. The van der Waals surface area contributed by atoms with Gasteiger partial charge in [-0.15, -0.1) is 0 Å². The number of aliphatic carboxylic acids is 3. The minimum atomic E-state index is -1.46. The van der Waals surface area contributed by atoms with Gasteiger partial charge in [0, 0.05) is 13.0 Å². The number of nitrogens with zero attached hydrogens (tertiary/aromatic N) is 1. The van der Waals surface area contributed by atoms with Gasteiger partial charge in [0.25, 0.3) is 0 Å². The van der Waals surface area contributed by atoms with Gasteiger partial charge >= 0.3 is 23.9 Å². The first-order valence-electron chi connectivity index (χ1n) is 12.4. The number of unbranched alkanes of at least 4 members (excludes halogenated alkanes) is 1. The van der Waals surface area contributed by atoms with Crippen molar-refractivity contribution < 1.29 is 43.7 Å². The van der Waals surface area contributed by atoms with E-state index in [4.69, 9.17) is 15.1 Å². The number of urea groups is 1. The van der Waals surface area contributed by atoms with Crippen LogP contribution < -0.4 is 21.5 Å². The number of carboxylic acid groups (broad SMARTS) is 3. The zero-order valence-electron chi connectivity index (χ0n) is 21.5. The maximum Gasteiger partial charge on any atom is 0.326 e. The molecule has 2 aromatic rings. The lowest BCUT2D eigenvalue weighted by atomic mass is 10.1. The molecule has 7 N–H and O–H groups in total. The molecule has 2 rings (SSSR count). The number of carbonyl (C=O) groups is 4. The topological polar surface area (TPSA) is 199 Å². The summed E-state index contributed by atoms with van der Waals surface area (Å²) in [4.78, 5) is 50.7. The van der Waals surface area contributed by atoms with Crippen molar-refractivity contribution in [1.29, 1.82) is 0 Å². The fourth-order valence-electron chi connectivity index (χ4n) is 3.30. The van der Waals surface area contributed by atoms with Crippen molar-refractivity contribution in [3.8, 4) is 0 Å². The van der Waals surface area contributed by atoms with Crippen LogP contribution in [0.2, 0.25) is 0 Å². The fourth-order valence-corrected chi connectivity index (χ4v) is 3.30. The van der Waals surface area contributed by atoms with Crippen LogP contribution in [-0.2, 0) is 25.8 Å². The second kappa shape index (κ2) is 17.1. The average Bonchev–Trinajstić information content (AvgIpc) is 2.91. The van der Waals surface area contributed by atoms with Crippen molar-refractivity contribution in [2.45, 2.75) is 50.8 Å². The Labute approximate surface area is 229 Å². The second-order valence-corrected chi connectivity index (χ2v) is 8.63. The number of halogens is 1. The van der Waals surface area contributed by atoms with Crippen LogP contribution in [0.4, 0.5) is 14.9 Å². The van der Waals surface area contributed by atoms with Crippen LogP contribution >= 0.6 is 0 Å². The summed E-state index contributed by atoms with van der Waals surface area (Å²) in [5.41, 5.74) is 8.06. The van der Waals surface area contributed by atoms with Gasteiger partial charge in [-0.1, -0.05) is 24.3 Å². The molecule has 2 atom stereocenters. The van der Waals surface area contributed by atoms with Gasteiger partial charge in [-0.3, -0.25) is 15.1 Å². The number of hydrazone groups is 1. The minimum Gasteiger partial charge on any atom is -0.481 e. The summed E-state index contributed by atoms with van der Waals surface area (Å²) in [5.74, 6) is -4.23. The first-order valence-corrected chi connectivity index (χ1v) is 12.4. The van der Waals surface area contributed by atoms with E-state index >= 15 is 0 Å². The molecule has 0 radical (unpaired) electrons. The van der Waals surface area contributed by atoms with E-state index < -0.39 is 42.4 Å². The number of benzene rings is 2. The summed E-state index contributed by atoms with van der Waals surface area (Å²) < 4.78 is 12.9. The SMILES string of the molecule is O=C(O)CCC(NC(=O)NC(CCCCNOCc1ccc(NN=Cc2ccc(F)cc2)cc1)C(=O)O)C(=O)O. The predicted octanol–water partition coefficient (Wildman–Crippen LogP) is 2.53. The summed E-state index contributed by atoms with van der Waals surface area (Å²) in [5, 5.41) is 35.5. The molecule has 2 unspecified atom stereocenters. The van der Waals surface area contributed by atoms with E-state index in [1.807, 2.05) is 24.3 Å². The van der Waals surface area contributed by atoms with Crippen molar-refractivity contribution in [1.82, 2.24) is 16.1 Å². The van der Waals surface area contributed by atoms with Crippen LogP contribution in [0.15, 0.2) is 53.6 Å². The Kier molecular flexibility index (Phi) is 13.5. The van der Waals surface area contributed by atoms with Crippen molar-refractivity contribution in [2.75, 3.05) is 12.0 Å². The van der Waals surface area contributed by atoms with Crippen molar-refractivity contribution in [3.63, 3.8) is 0 Å². The van der Waals surface area contributed by atoms with E-state index in [2.05, 4.69) is 26.6 Å². The van der Waals surface area contributed by atoms with Gasteiger partial charge < -0.3 is 26.0 Å². The second-order valence-electron chi connectivity index (χ2n) is 8.63. The predicted molar refractivity (Wildman–Crippen MR) is 142 cm³/mol. The zero-order chi connectivity index (χ0) is 29.3. The van der Waals surface area contributed by atoms with Crippen LogP contribution in [0.1, 0.15) is 43.2 Å². The van der Waals surface area contributed by atoms with Gasteiger partial charge in [0.1, 0.15) is 17.9 Å². The van der Waals surface area contributed by atoms with Crippen LogP contribution in [0.3, 0.4) is 0 Å². The van der Waals surface area contributed by atoms with Crippen molar-refractivity contribution in [3.05, 3.63) is 65.5 Å². The van der Waals surface area contributed by atoms with Crippen LogP contribution in [0.5, 0.6) is 0 Å². The van der Waals surface area contributed by atoms with Gasteiger partial charge in [0.2, 0.25) is 0 Å². The standard InChI is InChI=1S/C26H32FN5O8/c27-19-8-4-17(5-9-19)15-28-32-20-10-6-18(7-11-20)16-40-29-14-2-1-3-21(24(35)36)30-26(39)31-22(25(37)38)12-13-23(33)34/h4-11,15,21-22,29,32H,1-3,12-14,16H2,(H,33,34)(H,35,36)(H,37,38)(H2,30,31,39). The third-order valence-electron chi connectivity index (χ3n) is 5.45. The largest absolute Gasteiger partial charge is 0.481 e.